The summed E-state index contributed by atoms with van der Waals surface area (Å²) >= 11 is 0. The maximum Gasteiger partial charge on any atom is 0.230 e. The van der Waals surface area contributed by atoms with E-state index in [1.807, 2.05) is 68.1 Å². The van der Waals surface area contributed by atoms with Gasteiger partial charge in [0.1, 0.15) is 17.1 Å². The molecule has 1 amide bonds. The van der Waals surface area contributed by atoms with Crippen LogP contribution in [0.3, 0.4) is 0 Å². The van der Waals surface area contributed by atoms with Crippen LogP contribution in [0.15, 0.2) is 59.0 Å². The molecule has 5 nitrogen and oxygen atoms in total. The second-order valence-electron chi connectivity index (χ2n) is 7.73. The lowest BCUT2D eigenvalue weighted by Gasteiger charge is -2.34. The van der Waals surface area contributed by atoms with Crippen molar-refractivity contribution in [2.24, 2.45) is 0 Å². The summed E-state index contributed by atoms with van der Waals surface area (Å²) in [6, 6.07) is 17.0. The summed E-state index contributed by atoms with van der Waals surface area (Å²) in [5, 5.41) is 11.0. The van der Waals surface area contributed by atoms with Crippen LogP contribution in [0.5, 0.6) is 5.75 Å². The number of hydrogen-bond acceptors (Lipinski definition) is 4. The van der Waals surface area contributed by atoms with E-state index in [4.69, 9.17) is 4.42 Å². The van der Waals surface area contributed by atoms with Gasteiger partial charge in [0.15, 0.2) is 0 Å². The van der Waals surface area contributed by atoms with Crippen LogP contribution in [0, 0.1) is 0 Å². The summed E-state index contributed by atoms with van der Waals surface area (Å²) < 4.78 is 5.87. The third kappa shape index (κ3) is 5.67. The van der Waals surface area contributed by atoms with E-state index in [9.17, 15) is 9.90 Å². The largest absolute Gasteiger partial charge is 0.508 e. The molecule has 1 aromatic heterocycles. The van der Waals surface area contributed by atoms with Gasteiger partial charge in [-0.1, -0.05) is 44.2 Å². The first-order chi connectivity index (χ1) is 15.1. The van der Waals surface area contributed by atoms with Crippen molar-refractivity contribution in [2.75, 3.05) is 26.2 Å². The normalized spacial score (nSPS) is 14.8. The zero-order valence-electron chi connectivity index (χ0n) is 18.9. The van der Waals surface area contributed by atoms with Crippen LogP contribution in [0.1, 0.15) is 51.0 Å². The zero-order valence-corrected chi connectivity index (χ0v) is 18.9. The quantitative estimate of drug-likeness (QED) is 0.554. The number of carbonyl (C=O) groups is 1. The van der Waals surface area contributed by atoms with Gasteiger partial charge < -0.3 is 19.3 Å². The molecule has 4 rings (SSSR count). The average Bonchev–Trinajstić information content (AvgIpc) is 3.44. The highest BCUT2D eigenvalue weighted by molar-refractivity contribution is 5.82. The molecule has 0 bridgehead atoms. The number of hydrogen-bond donors (Lipinski definition) is 1. The molecule has 0 unspecified atom stereocenters. The van der Waals surface area contributed by atoms with Gasteiger partial charge in [-0.3, -0.25) is 4.79 Å². The molecule has 1 aliphatic rings. The van der Waals surface area contributed by atoms with Crippen LogP contribution in [0.25, 0.3) is 11.0 Å². The van der Waals surface area contributed by atoms with E-state index in [1.165, 1.54) is 12.8 Å². The molecule has 1 fully saturated rings. The van der Waals surface area contributed by atoms with Gasteiger partial charge in [-0.25, -0.2) is 0 Å². The molecule has 166 valence electrons. The Hall–Kier alpha value is -2.79. The highest BCUT2D eigenvalue weighted by Crippen LogP contribution is 2.28. The minimum Gasteiger partial charge on any atom is -0.508 e. The first-order valence-corrected chi connectivity index (χ1v) is 11.4. The summed E-state index contributed by atoms with van der Waals surface area (Å²) in [6.07, 6.45) is 2.63. The minimum absolute atomic E-state index is 0.0408. The number of rotatable bonds is 7. The van der Waals surface area contributed by atoms with Crippen LogP contribution >= 0.6 is 0 Å². The molecular weight excluding hydrogens is 388 g/mol. The number of para-hydroxylation sites is 1. The van der Waals surface area contributed by atoms with Gasteiger partial charge in [0, 0.05) is 18.5 Å². The lowest BCUT2D eigenvalue weighted by atomic mass is 10.0. The number of amides is 1. The third-order valence-electron chi connectivity index (χ3n) is 5.72. The van der Waals surface area contributed by atoms with Crippen molar-refractivity contribution < 1.29 is 14.3 Å². The number of carbonyl (C=O) groups excluding carboxylic acids is 1. The van der Waals surface area contributed by atoms with Gasteiger partial charge in [-0.05, 0) is 62.7 Å². The summed E-state index contributed by atoms with van der Waals surface area (Å²) in [5.74, 6) is 0.958. The molecule has 0 radical (unpaired) electrons. The van der Waals surface area contributed by atoms with Crippen LogP contribution in [0.2, 0.25) is 0 Å². The van der Waals surface area contributed by atoms with Crippen LogP contribution in [-0.4, -0.2) is 47.0 Å². The van der Waals surface area contributed by atoms with E-state index >= 15 is 0 Å². The second kappa shape index (κ2) is 11.0. The fourth-order valence-electron chi connectivity index (χ4n) is 4.27. The Kier molecular flexibility index (Phi) is 8.13. The third-order valence-corrected chi connectivity index (χ3v) is 5.72. The number of nitrogens with zero attached hydrogens (tertiary/aromatic N) is 2. The smallest absolute Gasteiger partial charge is 0.230 e. The average molecular weight is 423 g/mol. The number of furan rings is 1. The Morgan fingerprint density at radius 3 is 2.52 bits per heavy atom. The number of benzene rings is 2. The number of aromatic hydroxyl groups is 1. The monoisotopic (exact) mass is 422 g/mol. The molecule has 1 N–H and O–H groups in total. The molecule has 0 aliphatic carbocycles. The topological polar surface area (TPSA) is 56.9 Å². The van der Waals surface area contributed by atoms with Crippen molar-refractivity contribution in [2.45, 2.75) is 46.1 Å². The summed E-state index contributed by atoms with van der Waals surface area (Å²) in [6.45, 7) is 9.52. The van der Waals surface area contributed by atoms with Gasteiger partial charge in [0.05, 0.1) is 12.5 Å². The van der Waals surface area contributed by atoms with Crippen molar-refractivity contribution in [1.82, 2.24) is 9.80 Å². The molecule has 1 aliphatic heterocycles. The van der Waals surface area contributed by atoms with E-state index in [2.05, 4.69) is 4.90 Å². The lowest BCUT2D eigenvalue weighted by molar-refractivity contribution is -0.133. The fraction of sp³-hybridized carbons (Fsp3) is 0.423. The maximum absolute atomic E-state index is 13.3. The predicted molar refractivity (Wildman–Crippen MR) is 125 cm³/mol. The highest BCUT2D eigenvalue weighted by atomic mass is 16.3. The van der Waals surface area contributed by atoms with Crippen molar-refractivity contribution in [3.8, 4) is 5.75 Å². The Bertz CT molecular complexity index is 942. The molecule has 1 saturated heterocycles. The molecule has 2 aromatic carbocycles. The number of phenolic OH excluding ortho intramolecular Hbond substituents is 1. The van der Waals surface area contributed by atoms with Gasteiger partial charge >= 0.3 is 0 Å². The molecule has 2 heterocycles. The maximum atomic E-state index is 13.3. The molecule has 0 saturated carbocycles. The van der Waals surface area contributed by atoms with Gasteiger partial charge in [0.25, 0.3) is 0 Å². The van der Waals surface area contributed by atoms with Gasteiger partial charge in [-0.2, -0.15) is 0 Å². The fourth-order valence-corrected chi connectivity index (χ4v) is 4.27. The second-order valence-corrected chi connectivity index (χ2v) is 7.73. The Morgan fingerprint density at radius 2 is 1.84 bits per heavy atom. The van der Waals surface area contributed by atoms with E-state index in [-0.39, 0.29) is 24.1 Å². The molecular formula is C26H34N2O3. The number of likely N-dealkylation sites (N-methyl/N-ethyl adjacent to an activating group) is 1. The summed E-state index contributed by atoms with van der Waals surface area (Å²) in [5.41, 5.74) is 1.77. The Labute approximate surface area is 185 Å². The van der Waals surface area contributed by atoms with Crippen LogP contribution in [0.4, 0.5) is 0 Å². The van der Waals surface area contributed by atoms with E-state index < -0.39 is 0 Å². The van der Waals surface area contributed by atoms with E-state index in [0.29, 0.717) is 12.3 Å². The number of likely N-dealkylation sites (tertiary alicyclic amines) is 1. The van der Waals surface area contributed by atoms with Crippen molar-refractivity contribution >= 4 is 16.9 Å². The molecule has 31 heavy (non-hydrogen) atoms. The molecule has 1 atom stereocenters. The molecule has 3 aromatic rings. The molecule has 5 heteroatoms. The molecule has 0 spiro atoms. The van der Waals surface area contributed by atoms with Crippen molar-refractivity contribution in [3.05, 3.63) is 65.9 Å². The summed E-state index contributed by atoms with van der Waals surface area (Å²) in [7, 11) is 0. The zero-order chi connectivity index (χ0) is 22.2. The van der Waals surface area contributed by atoms with Crippen molar-refractivity contribution in [1.29, 1.82) is 0 Å². The predicted octanol–water partition coefficient (Wildman–Crippen LogP) is 5.39. The lowest BCUT2D eigenvalue weighted by Crippen LogP contribution is -2.41. The SMILES string of the molecule is CC.CCN(C(=O)Cc1cc2ccccc2o1)[C@H](CN1CCCC1)c1cccc(O)c1. The minimum atomic E-state index is -0.0953. The summed E-state index contributed by atoms with van der Waals surface area (Å²) in [4.78, 5) is 17.6. The highest BCUT2D eigenvalue weighted by Gasteiger charge is 2.28. The van der Waals surface area contributed by atoms with Gasteiger partial charge in [0.2, 0.25) is 5.91 Å². The standard InChI is InChI=1S/C24H28N2O3.C2H6/c1-2-26(24(28)16-21-15-19-8-3-4-11-23(19)29-21)22(17-25-12-5-6-13-25)18-9-7-10-20(27)14-18;1-2/h3-4,7-11,14-15,22,27H,2,5-6,12-13,16-17H2,1H3;1-2H3/t22-;/m1./s1. The van der Waals surface area contributed by atoms with Gasteiger partial charge in [-0.15, -0.1) is 0 Å². The van der Waals surface area contributed by atoms with E-state index in [1.54, 1.807) is 12.1 Å². The van der Waals surface area contributed by atoms with Crippen molar-refractivity contribution in [3.63, 3.8) is 0 Å². The first kappa shape index (κ1) is 22.9. The number of phenols is 1. The first-order valence-electron chi connectivity index (χ1n) is 11.4. The van der Waals surface area contributed by atoms with Crippen LogP contribution in [-0.2, 0) is 11.2 Å². The Balaban J connectivity index is 0.00000132. The van der Waals surface area contributed by atoms with Crippen LogP contribution < -0.4 is 0 Å². The van der Waals surface area contributed by atoms with E-state index in [0.717, 1.165) is 36.2 Å². The number of fused-ring (bicyclic) bond motifs is 1. The Morgan fingerprint density at radius 1 is 1.10 bits per heavy atom.